The molecule has 0 nitrogen and oxygen atoms in total. The van der Waals surface area contributed by atoms with Gasteiger partial charge in [-0.15, -0.1) is 0 Å². The molecular weight excluding hydrogens is 321 g/mol. The van der Waals surface area contributed by atoms with E-state index in [4.69, 9.17) is 0 Å². The van der Waals surface area contributed by atoms with Crippen LogP contribution in [0.2, 0.25) is 0 Å². The molecule has 0 heterocycles. The van der Waals surface area contributed by atoms with Gasteiger partial charge in [0.2, 0.25) is 0 Å². The van der Waals surface area contributed by atoms with Gasteiger partial charge in [0.05, 0.1) is 5.56 Å². The molecule has 3 aromatic carbocycles. The summed E-state index contributed by atoms with van der Waals surface area (Å²) in [7, 11) is 0. The van der Waals surface area contributed by atoms with E-state index in [1.807, 2.05) is 18.2 Å². The summed E-state index contributed by atoms with van der Waals surface area (Å²) < 4.78 is 38.2. The standard InChI is InChI=1S/C22H19F3/c23-22(24,25)21-11-5-8-18(16-21)7-4-6-17-12-14-20(15-13-17)19-9-2-1-3-10-19/h1-3,5,8-16H,4,6-7H2. The molecule has 0 amide bonds. The molecule has 0 aliphatic carbocycles. The Balaban J connectivity index is 1.58. The van der Waals surface area contributed by atoms with Crippen molar-refractivity contribution >= 4 is 0 Å². The van der Waals surface area contributed by atoms with Crippen LogP contribution in [0.3, 0.4) is 0 Å². The van der Waals surface area contributed by atoms with Crippen molar-refractivity contribution in [2.45, 2.75) is 25.4 Å². The summed E-state index contributed by atoms with van der Waals surface area (Å²) in [4.78, 5) is 0. The van der Waals surface area contributed by atoms with Gasteiger partial charge in [-0.25, -0.2) is 0 Å². The molecule has 128 valence electrons. The van der Waals surface area contributed by atoms with E-state index < -0.39 is 11.7 Å². The minimum Gasteiger partial charge on any atom is -0.166 e. The highest BCUT2D eigenvalue weighted by atomic mass is 19.4. The first-order valence-electron chi connectivity index (χ1n) is 8.33. The number of halogens is 3. The monoisotopic (exact) mass is 340 g/mol. The summed E-state index contributed by atoms with van der Waals surface area (Å²) in [5.41, 5.74) is 3.71. The molecule has 0 spiro atoms. The summed E-state index contributed by atoms with van der Waals surface area (Å²) in [5.74, 6) is 0. The first kappa shape index (κ1) is 17.3. The smallest absolute Gasteiger partial charge is 0.166 e. The van der Waals surface area contributed by atoms with Gasteiger partial charge in [-0.2, -0.15) is 13.2 Å². The van der Waals surface area contributed by atoms with E-state index in [2.05, 4.69) is 36.4 Å². The highest BCUT2D eigenvalue weighted by Gasteiger charge is 2.30. The summed E-state index contributed by atoms with van der Waals surface area (Å²) in [5, 5.41) is 0. The van der Waals surface area contributed by atoms with Crippen LogP contribution in [0.5, 0.6) is 0 Å². The number of benzene rings is 3. The first-order chi connectivity index (χ1) is 12.0. The fraction of sp³-hybridized carbons (Fsp3) is 0.182. The highest BCUT2D eigenvalue weighted by molar-refractivity contribution is 5.63. The Morgan fingerprint density at radius 3 is 1.92 bits per heavy atom. The van der Waals surface area contributed by atoms with Gasteiger partial charge < -0.3 is 0 Å². The van der Waals surface area contributed by atoms with Crippen LogP contribution in [0.15, 0.2) is 78.9 Å². The average molecular weight is 340 g/mol. The van der Waals surface area contributed by atoms with Crippen LogP contribution in [0, 0.1) is 0 Å². The van der Waals surface area contributed by atoms with Crippen LogP contribution in [0.4, 0.5) is 13.2 Å². The summed E-state index contributed by atoms with van der Waals surface area (Å²) in [6, 6.07) is 24.1. The van der Waals surface area contributed by atoms with Crippen LogP contribution in [-0.4, -0.2) is 0 Å². The predicted octanol–water partition coefficient (Wildman–Crippen LogP) is 6.55. The molecule has 3 aromatic rings. The molecule has 0 unspecified atom stereocenters. The molecule has 0 saturated heterocycles. The fourth-order valence-electron chi connectivity index (χ4n) is 2.89. The van der Waals surface area contributed by atoms with Gasteiger partial charge in [0, 0.05) is 0 Å². The zero-order valence-electron chi connectivity index (χ0n) is 13.8. The lowest BCUT2D eigenvalue weighted by atomic mass is 10.00. The van der Waals surface area contributed by atoms with Gasteiger partial charge in [0.1, 0.15) is 0 Å². The Morgan fingerprint density at radius 2 is 1.24 bits per heavy atom. The minimum absolute atomic E-state index is 0.572. The SMILES string of the molecule is FC(F)(F)c1cccc(CCCc2ccc(-c3ccccc3)cc2)c1. The predicted molar refractivity (Wildman–Crippen MR) is 95.3 cm³/mol. The Bertz CT molecular complexity index is 803. The lowest BCUT2D eigenvalue weighted by Gasteiger charge is -2.09. The maximum absolute atomic E-state index is 12.7. The molecule has 25 heavy (non-hydrogen) atoms. The lowest BCUT2D eigenvalue weighted by Crippen LogP contribution is -2.05. The second kappa shape index (κ2) is 7.56. The molecule has 0 aliphatic heterocycles. The van der Waals surface area contributed by atoms with E-state index in [-0.39, 0.29) is 0 Å². The van der Waals surface area contributed by atoms with Crippen molar-refractivity contribution in [1.29, 1.82) is 0 Å². The molecule has 0 saturated carbocycles. The number of hydrogen-bond donors (Lipinski definition) is 0. The molecule has 3 rings (SSSR count). The Morgan fingerprint density at radius 1 is 0.600 bits per heavy atom. The molecule has 0 bridgehead atoms. The third-order valence-electron chi connectivity index (χ3n) is 4.25. The molecule has 0 aliphatic rings. The molecule has 0 aromatic heterocycles. The van der Waals surface area contributed by atoms with Crippen LogP contribution < -0.4 is 0 Å². The number of hydrogen-bond acceptors (Lipinski definition) is 0. The van der Waals surface area contributed by atoms with Crippen LogP contribution in [0.25, 0.3) is 11.1 Å². The summed E-state index contributed by atoms with van der Waals surface area (Å²) >= 11 is 0. The van der Waals surface area contributed by atoms with E-state index >= 15 is 0 Å². The average Bonchev–Trinajstić information content (AvgIpc) is 2.63. The largest absolute Gasteiger partial charge is 0.416 e. The van der Waals surface area contributed by atoms with Crippen molar-refractivity contribution in [2.24, 2.45) is 0 Å². The second-order valence-electron chi connectivity index (χ2n) is 6.11. The Kier molecular flexibility index (Phi) is 5.22. The highest BCUT2D eigenvalue weighted by Crippen LogP contribution is 2.29. The minimum atomic E-state index is -4.27. The van der Waals surface area contributed by atoms with Gasteiger partial charge in [0.15, 0.2) is 0 Å². The number of rotatable bonds is 5. The maximum atomic E-state index is 12.7. The molecular formula is C22H19F3. The zero-order valence-corrected chi connectivity index (χ0v) is 13.8. The maximum Gasteiger partial charge on any atom is 0.416 e. The molecule has 0 atom stereocenters. The molecule has 0 radical (unpaired) electrons. The van der Waals surface area contributed by atoms with Crippen LogP contribution in [-0.2, 0) is 19.0 Å². The van der Waals surface area contributed by atoms with E-state index in [1.54, 1.807) is 6.07 Å². The Labute approximate surface area is 146 Å². The van der Waals surface area contributed by atoms with E-state index in [0.717, 1.165) is 24.5 Å². The molecule has 0 fully saturated rings. The van der Waals surface area contributed by atoms with Crippen molar-refractivity contribution in [3.63, 3.8) is 0 Å². The van der Waals surface area contributed by atoms with E-state index in [9.17, 15) is 13.2 Å². The van der Waals surface area contributed by atoms with Crippen LogP contribution >= 0.6 is 0 Å². The van der Waals surface area contributed by atoms with Gasteiger partial charge >= 0.3 is 6.18 Å². The normalized spacial score (nSPS) is 11.5. The third kappa shape index (κ3) is 4.72. The topological polar surface area (TPSA) is 0 Å². The first-order valence-corrected chi connectivity index (χ1v) is 8.33. The van der Waals surface area contributed by atoms with Gasteiger partial charge in [-0.05, 0) is 47.6 Å². The fourth-order valence-corrected chi connectivity index (χ4v) is 2.89. The van der Waals surface area contributed by atoms with Crippen molar-refractivity contribution in [3.8, 4) is 11.1 Å². The van der Waals surface area contributed by atoms with E-state index in [0.29, 0.717) is 6.42 Å². The van der Waals surface area contributed by atoms with Crippen molar-refractivity contribution < 1.29 is 13.2 Å². The lowest BCUT2D eigenvalue weighted by molar-refractivity contribution is -0.137. The Hall–Kier alpha value is -2.55. The van der Waals surface area contributed by atoms with Gasteiger partial charge in [0.25, 0.3) is 0 Å². The van der Waals surface area contributed by atoms with Gasteiger partial charge in [-0.1, -0.05) is 72.8 Å². The third-order valence-corrected chi connectivity index (χ3v) is 4.25. The molecule has 0 N–H and O–H groups in total. The summed E-state index contributed by atoms with van der Waals surface area (Å²) in [6.07, 6.45) is -1.95. The number of aryl methyl sites for hydroxylation is 2. The second-order valence-corrected chi connectivity index (χ2v) is 6.11. The zero-order chi connectivity index (χ0) is 17.7. The molecule has 3 heteroatoms. The van der Waals surface area contributed by atoms with Crippen LogP contribution in [0.1, 0.15) is 23.1 Å². The number of alkyl halides is 3. The van der Waals surface area contributed by atoms with Crippen molar-refractivity contribution in [1.82, 2.24) is 0 Å². The van der Waals surface area contributed by atoms with Crippen molar-refractivity contribution in [2.75, 3.05) is 0 Å². The summed E-state index contributed by atoms with van der Waals surface area (Å²) in [6.45, 7) is 0. The van der Waals surface area contributed by atoms with Gasteiger partial charge in [-0.3, -0.25) is 0 Å². The quantitative estimate of drug-likeness (QED) is 0.494. The van der Waals surface area contributed by atoms with E-state index in [1.165, 1.54) is 28.8 Å². The van der Waals surface area contributed by atoms with Crippen molar-refractivity contribution in [3.05, 3.63) is 95.6 Å².